The van der Waals surface area contributed by atoms with Crippen LogP contribution in [0.5, 0.6) is 0 Å². The number of rotatable bonds is 1. The minimum atomic E-state index is 0.127. The average Bonchev–Trinajstić information content (AvgIpc) is 2.39. The molecular weight excluding hydrogens is 212 g/mol. The molecule has 0 bridgehead atoms. The second kappa shape index (κ2) is 4.41. The number of hydrogen-bond donors (Lipinski definition) is 0. The van der Waals surface area contributed by atoms with Gasteiger partial charge in [-0.05, 0) is 18.1 Å². The van der Waals surface area contributed by atoms with E-state index in [1.54, 1.807) is 30.4 Å². The Morgan fingerprint density at radius 2 is 1.71 bits per heavy atom. The van der Waals surface area contributed by atoms with Crippen molar-refractivity contribution >= 4 is 29.3 Å². The van der Waals surface area contributed by atoms with Crippen molar-refractivity contribution in [3.63, 3.8) is 0 Å². The van der Waals surface area contributed by atoms with Crippen LogP contribution < -0.4 is 0 Å². The van der Waals surface area contributed by atoms with Crippen LogP contribution in [-0.4, -0.2) is 10.4 Å². The van der Waals surface area contributed by atoms with Gasteiger partial charge in [0.05, 0.1) is 0 Å². The van der Waals surface area contributed by atoms with Gasteiger partial charge in [-0.15, -0.1) is 23.5 Å². The Hall–Kier alpha value is -0.410. The van der Waals surface area contributed by atoms with Gasteiger partial charge in [-0.3, -0.25) is 4.79 Å². The summed E-state index contributed by atoms with van der Waals surface area (Å²) >= 11 is 3.50. The van der Waals surface area contributed by atoms with Crippen LogP contribution in [0.1, 0.15) is 18.1 Å². The van der Waals surface area contributed by atoms with Crippen LogP contribution in [0.15, 0.2) is 24.3 Å². The standard InChI is InChI=1S/C11H12OS2/c1-8(12)11-13-6-9-4-2-3-5-10(9)7-14-11/h2-5,11H,6-7H2,1H3. The molecular formula is C11H12OS2. The van der Waals surface area contributed by atoms with E-state index in [1.165, 1.54) is 11.1 Å². The molecule has 0 N–H and O–H groups in total. The maximum absolute atomic E-state index is 11.3. The Morgan fingerprint density at radius 1 is 1.21 bits per heavy atom. The summed E-state index contributed by atoms with van der Waals surface area (Å²) in [5.41, 5.74) is 2.77. The first-order valence-corrected chi connectivity index (χ1v) is 6.67. The van der Waals surface area contributed by atoms with E-state index in [9.17, 15) is 4.79 Å². The van der Waals surface area contributed by atoms with E-state index in [2.05, 4.69) is 24.3 Å². The normalized spacial score (nSPS) is 17.2. The van der Waals surface area contributed by atoms with Gasteiger partial charge in [0.15, 0.2) is 5.78 Å². The van der Waals surface area contributed by atoms with Crippen LogP contribution in [0.4, 0.5) is 0 Å². The van der Waals surface area contributed by atoms with E-state index in [-0.39, 0.29) is 10.4 Å². The molecule has 1 nitrogen and oxygen atoms in total. The van der Waals surface area contributed by atoms with Gasteiger partial charge in [-0.1, -0.05) is 24.3 Å². The number of benzene rings is 1. The van der Waals surface area contributed by atoms with Crippen LogP contribution in [0.2, 0.25) is 0 Å². The summed E-state index contributed by atoms with van der Waals surface area (Å²) in [5.74, 6) is 2.22. The maximum atomic E-state index is 11.3. The average molecular weight is 224 g/mol. The number of carbonyl (C=O) groups is 1. The molecule has 1 aliphatic heterocycles. The van der Waals surface area contributed by atoms with Crippen LogP contribution >= 0.6 is 23.5 Å². The number of fused-ring (bicyclic) bond motifs is 1. The molecule has 0 saturated heterocycles. The Labute approximate surface area is 92.7 Å². The highest BCUT2D eigenvalue weighted by molar-refractivity contribution is 8.17. The fourth-order valence-corrected chi connectivity index (χ4v) is 3.94. The van der Waals surface area contributed by atoms with Crippen LogP contribution in [0.25, 0.3) is 0 Å². The van der Waals surface area contributed by atoms with E-state index in [0.29, 0.717) is 0 Å². The largest absolute Gasteiger partial charge is 0.298 e. The highest BCUT2D eigenvalue weighted by atomic mass is 32.2. The van der Waals surface area contributed by atoms with Crippen molar-refractivity contribution in [1.82, 2.24) is 0 Å². The van der Waals surface area contributed by atoms with Crippen LogP contribution in [-0.2, 0) is 16.3 Å². The lowest BCUT2D eigenvalue weighted by molar-refractivity contribution is -0.115. The van der Waals surface area contributed by atoms with Crippen LogP contribution in [0, 0.1) is 0 Å². The quantitative estimate of drug-likeness (QED) is 0.729. The smallest absolute Gasteiger partial charge is 0.152 e. The molecule has 1 heterocycles. The molecule has 0 radical (unpaired) electrons. The number of carbonyl (C=O) groups excluding carboxylic acids is 1. The molecule has 0 saturated carbocycles. The third-order valence-corrected chi connectivity index (χ3v) is 5.27. The SMILES string of the molecule is CC(=O)C1SCc2ccccc2CS1. The van der Waals surface area contributed by atoms with Crippen molar-refractivity contribution in [2.24, 2.45) is 0 Å². The number of Topliss-reactive ketones (excluding diaryl/α,β-unsaturated/α-hetero) is 1. The second-order valence-corrected chi connectivity index (χ2v) is 5.82. The van der Waals surface area contributed by atoms with Crippen LogP contribution in [0.3, 0.4) is 0 Å². The zero-order valence-electron chi connectivity index (χ0n) is 8.03. The number of hydrogen-bond acceptors (Lipinski definition) is 3. The molecule has 1 aromatic rings. The summed E-state index contributed by atoms with van der Waals surface area (Å²) in [5, 5.41) is 0. The lowest BCUT2D eigenvalue weighted by Gasteiger charge is -2.07. The van der Waals surface area contributed by atoms with Crippen molar-refractivity contribution in [1.29, 1.82) is 0 Å². The molecule has 0 spiro atoms. The molecule has 1 aromatic carbocycles. The zero-order chi connectivity index (χ0) is 9.97. The third-order valence-electron chi connectivity index (χ3n) is 2.23. The van der Waals surface area contributed by atoms with Gasteiger partial charge in [-0.2, -0.15) is 0 Å². The summed E-state index contributed by atoms with van der Waals surface area (Å²) in [4.78, 5) is 11.3. The van der Waals surface area contributed by atoms with E-state index in [4.69, 9.17) is 0 Å². The Balaban J connectivity index is 2.18. The lowest BCUT2D eigenvalue weighted by atomic mass is 10.1. The monoisotopic (exact) mass is 224 g/mol. The van der Waals surface area contributed by atoms with E-state index in [0.717, 1.165) is 11.5 Å². The third kappa shape index (κ3) is 2.15. The molecule has 0 fully saturated rings. The second-order valence-electron chi connectivity index (χ2n) is 3.33. The van der Waals surface area contributed by atoms with Gasteiger partial charge < -0.3 is 0 Å². The van der Waals surface area contributed by atoms with Crippen molar-refractivity contribution in [3.05, 3.63) is 35.4 Å². The summed E-state index contributed by atoms with van der Waals surface area (Å²) in [6, 6.07) is 8.45. The highest BCUT2D eigenvalue weighted by Gasteiger charge is 2.19. The first kappa shape index (κ1) is 10.1. The molecule has 3 heteroatoms. The van der Waals surface area contributed by atoms with Gasteiger partial charge in [0.25, 0.3) is 0 Å². The minimum Gasteiger partial charge on any atom is -0.298 e. The van der Waals surface area contributed by atoms with Gasteiger partial charge in [0.1, 0.15) is 4.58 Å². The fourth-order valence-electron chi connectivity index (χ4n) is 1.45. The topological polar surface area (TPSA) is 17.1 Å². The maximum Gasteiger partial charge on any atom is 0.152 e. The van der Waals surface area contributed by atoms with Crippen molar-refractivity contribution < 1.29 is 4.79 Å². The van der Waals surface area contributed by atoms with Crippen molar-refractivity contribution in [2.45, 2.75) is 23.0 Å². The van der Waals surface area contributed by atoms with E-state index >= 15 is 0 Å². The first-order chi connectivity index (χ1) is 6.77. The van der Waals surface area contributed by atoms with E-state index < -0.39 is 0 Å². The molecule has 14 heavy (non-hydrogen) atoms. The predicted molar refractivity (Wildman–Crippen MR) is 63.5 cm³/mol. The Bertz CT molecular complexity index is 322. The summed E-state index contributed by atoms with van der Waals surface area (Å²) in [6.07, 6.45) is 0. The van der Waals surface area contributed by atoms with Gasteiger partial charge >= 0.3 is 0 Å². The van der Waals surface area contributed by atoms with Gasteiger partial charge in [-0.25, -0.2) is 0 Å². The summed E-state index contributed by atoms with van der Waals surface area (Å²) < 4.78 is 0.127. The van der Waals surface area contributed by atoms with Crippen molar-refractivity contribution in [2.75, 3.05) is 0 Å². The van der Waals surface area contributed by atoms with E-state index in [1.807, 2.05) is 0 Å². The zero-order valence-corrected chi connectivity index (χ0v) is 9.66. The number of ketones is 1. The molecule has 0 atom stereocenters. The predicted octanol–water partition coefficient (Wildman–Crippen LogP) is 3.08. The molecule has 1 aliphatic rings. The Kier molecular flexibility index (Phi) is 3.19. The van der Waals surface area contributed by atoms with Gasteiger partial charge in [0.2, 0.25) is 0 Å². The minimum absolute atomic E-state index is 0.127. The Morgan fingerprint density at radius 3 is 2.14 bits per heavy atom. The summed E-state index contributed by atoms with van der Waals surface area (Å²) in [7, 11) is 0. The van der Waals surface area contributed by atoms with Crippen molar-refractivity contribution in [3.8, 4) is 0 Å². The lowest BCUT2D eigenvalue weighted by Crippen LogP contribution is -2.07. The molecule has 0 aromatic heterocycles. The molecule has 0 unspecified atom stereocenters. The molecule has 0 aliphatic carbocycles. The molecule has 0 amide bonds. The molecule has 2 rings (SSSR count). The number of thioether (sulfide) groups is 2. The molecule has 74 valence electrons. The van der Waals surface area contributed by atoms with Gasteiger partial charge in [0, 0.05) is 11.5 Å². The summed E-state index contributed by atoms with van der Waals surface area (Å²) in [6.45, 7) is 1.68. The highest BCUT2D eigenvalue weighted by Crippen LogP contribution is 2.35. The fraction of sp³-hybridized carbons (Fsp3) is 0.364. The first-order valence-electron chi connectivity index (χ1n) is 4.58.